The maximum atomic E-state index is 10.4. The highest BCUT2D eigenvalue weighted by atomic mass is 35.5. The van der Waals surface area contributed by atoms with Gasteiger partial charge in [-0.15, -0.1) is 0 Å². The van der Waals surface area contributed by atoms with Crippen LogP contribution in [0.15, 0.2) is 24.3 Å². The monoisotopic (exact) mass is 308 g/mol. The van der Waals surface area contributed by atoms with E-state index in [-0.39, 0.29) is 0 Å². The average Bonchev–Trinajstić information content (AvgIpc) is 2.76. The van der Waals surface area contributed by atoms with Crippen molar-refractivity contribution in [1.82, 2.24) is 9.78 Å². The van der Waals surface area contributed by atoms with Crippen LogP contribution in [0.2, 0.25) is 5.02 Å². The van der Waals surface area contributed by atoms with Gasteiger partial charge >= 0.3 is 0 Å². The molecule has 0 aliphatic carbocycles. The minimum absolute atomic E-state index is 0.446. The number of hydrogen-bond donors (Lipinski definition) is 1. The maximum Gasteiger partial charge on any atom is 0.119 e. The predicted molar refractivity (Wildman–Crippen MR) is 83.9 cm³/mol. The Labute approximate surface area is 130 Å². The lowest BCUT2D eigenvalue weighted by Crippen LogP contribution is -2.09. The summed E-state index contributed by atoms with van der Waals surface area (Å²) in [6.45, 7) is 7.20. The van der Waals surface area contributed by atoms with Gasteiger partial charge in [-0.05, 0) is 38.5 Å². The van der Waals surface area contributed by atoms with Gasteiger partial charge in [-0.3, -0.25) is 4.68 Å². The van der Waals surface area contributed by atoms with E-state index in [1.54, 1.807) is 0 Å². The Morgan fingerprint density at radius 3 is 2.52 bits per heavy atom. The van der Waals surface area contributed by atoms with Crippen LogP contribution >= 0.6 is 11.6 Å². The summed E-state index contributed by atoms with van der Waals surface area (Å²) in [5.74, 6) is 0.806. The summed E-state index contributed by atoms with van der Waals surface area (Å²) in [6, 6.07) is 7.49. The molecular weight excluding hydrogens is 288 g/mol. The number of aliphatic hydroxyl groups excluding tert-OH is 1. The van der Waals surface area contributed by atoms with E-state index in [9.17, 15) is 5.11 Å². The molecule has 0 aliphatic heterocycles. The molecule has 1 aromatic heterocycles. The molecule has 0 amide bonds. The highest BCUT2D eigenvalue weighted by Gasteiger charge is 2.17. The van der Waals surface area contributed by atoms with Crippen LogP contribution in [0.25, 0.3) is 0 Å². The fraction of sp³-hybridized carbons (Fsp3) is 0.438. The normalized spacial score (nSPS) is 12.4. The highest BCUT2D eigenvalue weighted by molar-refractivity contribution is 6.31. The van der Waals surface area contributed by atoms with Crippen molar-refractivity contribution in [2.24, 2.45) is 0 Å². The molecule has 5 heteroatoms. The number of aromatic nitrogens is 2. The smallest absolute Gasteiger partial charge is 0.119 e. The summed E-state index contributed by atoms with van der Waals surface area (Å²) >= 11 is 6.28. The van der Waals surface area contributed by atoms with Crippen LogP contribution in [0.4, 0.5) is 0 Å². The molecule has 2 rings (SSSR count). The summed E-state index contributed by atoms with van der Waals surface area (Å²) < 4.78 is 7.24. The summed E-state index contributed by atoms with van der Waals surface area (Å²) in [5, 5.41) is 15.4. The molecule has 0 aliphatic rings. The van der Waals surface area contributed by atoms with Gasteiger partial charge in [0.25, 0.3) is 0 Å². The second kappa shape index (κ2) is 6.96. The van der Waals surface area contributed by atoms with E-state index in [1.807, 2.05) is 49.7 Å². The van der Waals surface area contributed by atoms with Crippen molar-refractivity contribution in [1.29, 1.82) is 0 Å². The largest absolute Gasteiger partial charge is 0.494 e. The number of benzene rings is 1. The second-order valence-corrected chi connectivity index (χ2v) is 5.26. The standard InChI is InChI=1S/C16H21ClN2O2/c1-4-19-14(16(17)11(3)18-19)10-15(20)12-6-8-13(9-7-12)21-5-2/h6-9,15,20H,4-5,10H2,1-3H3. The van der Waals surface area contributed by atoms with Gasteiger partial charge in [-0.25, -0.2) is 0 Å². The highest BCUT2D eigenvalue weighted by Crippen LogP contribution is 2.27. The quantitative estimate of drug-likeness (QED) is 0.888. The topological polar surface area (TPSA) is 47.3 Å². The Morgan fingerprint density at radius 2 is 1.95 bits per heavy atom. The van der Waals surface area contributed by atoms with Gasteiger partial charge in [0.1, 0.15) is 5.75 Å². The summed E-state index contributed by atoms with van der Waals surface area (Å²) in [4.78, 5) is 0. The first-order chi connectivity index (χ1) is 10.1. The predicted octanol–water partition coefficient (Wildman–Crippen LogP) is 3.54. The molecule has 1 unspecified atom stereocenters. The van der Waals surface area contributed by atoms with Crippen molar-refractivity contribution in [3.8, 4) is 5.75 Å². The van der Waals surface area contributed by atoms with Crippen LogP contribution in [0.5, 0.6) is 5.75 Å². The van der Waals surface area contributed by atoms with Crippen LogP contribution in [0.3, 0.4) is 0 Å². The molecule has 21 heavy (non-hydrogen) atoms. The fourth-order valence-corrected chi connectivity index (χ4v) is 2.53. The molecule has 0 radical (unpaired) electrons. The van der Waals surface area contributed by atoms with E-state index >= 15 is 0 Å². The van der Waals surface area contributed by atoms with Crippen LogP contribution in [0.1, 0.15) is 36.9 Å². The third-order valence-corrected chi connectivity index (χ3v) is 3.91. The Bertz CT molecular complexity index is 593. The first kappa shape index (κ1) is 15.9. The summed E-state index contributed by atoms with van der Waals surface area (Å²) in [7, 11) is 0. The number of aryl methyl sites for hydroxylation is 2. The zero-order valence-corrected chi connectivity index (χ0v) is 13.4. The van der Waals surface area contributed by atoms with Crippen molar-refractivity contribution in [2.45, 2.75) is 39.8 Å². The third kappa shape index (κ3) is 3.57. The molecule has 1 heterocycles. The molecule has 1 atom stereocenters. The van der Waals surface area contributed by atoms with Gasteiger partial charge in [0.05, 0.1) is 29.1 Å². The lowest BCUT2D eigenvalue weighted by Gasteiger charge is -2.13. The van der Waals surface area contributed by atoms with E-state index in [0.717, 1.165) is 29.2 Å². The Hall–Kier alpha value is -1.52. The number of halogens is 1. The molecule has 4 nitrogen and oxygen atoms in total. The molecule has 0 saturated carbocycles. The first-order valence-electron chi connectivity index (χ1n) is 7.19. The Balaban J connectivity index is 2.15. The van der Waals surface area contributed by atoms with Gasteiger partial charge in [-0.2, -0.15) is 5.10 Å². The van der Waals surface area contributed by atoms with E-state index in [4.69, 9.17) is 16.3 Å². The van der Waals surface area contributed by atoms with Crippen LogP contribution in [-0.2, 0) is 13.0 Å². The molecule has 1 N–H and O–H groups in total. The van der Waals surface area contributed by atoms with E-state index in [0.29, 0.717) is 18.1 Å². The molecule has 1 aromatic carbocycles. The molecule has 0 spiro atoms. The number of ether oxygens (including phenoxy) is 1. The minimum atomic E-state index is -0.612. The second-order valence-electron chi connectivity index (χ2n) is 4.88. The zero-order valence-electron chi connectivity index (χ0n) is 12.6. The van der Waals surface area contributed by atoms with Crippen molar-refractivity contribution in [2.75, 3.05) is 6.61 Å². The Morgan fingerprint density at radius 1 is 1.29 bits per heavy atom. The van der Waals surface area contributed by atoms with Crippen molar-refractivity contribution >= 4 is 11.6 Å². The third-order valence-electron chi connectivity index (χ3n) is 3.42. The molecule has 114 valence electrons. The number of aliphatic hydroxyl groups is 1. The SMILES string of the molecule is CCOc1ccc(C(O)Cc2c(Cl)c(C)nn2CC)cc1. The molecule has 0 fully saturated rings. The van der Waals surface area contributed by atoms with Crippen molar-refractivity contribution in [3.05, 3.63) is 46.2 Å². The van der Waals surface area contributed by atoms with E-state index in [2.05, 4.69) is 5.10 Å². The van der Waals surface area contributed by atoms with E-state index in [1.165, 1.54) is 0 Å². The maximum absolute atomic E-state index is 10.4. The lowest BCUT2D eigenvalue weighted by molar-refractivity contribution is 0.175. The number of hydrogen-bond acceptors (Lipinski definition) is 3. The number of rotatable bonds is 6. The van der Waals surface area contributed by atoms with Gasteiger partial charge in [0.2, 0.25) is 0 Å². The molecule has 0 saturated heterocycles. The van der Waals surface area contributed by atoms with Crippen LogP contribution in [0, 0.1) is 6.92 Å². The first-order valence-corrected chi connectivity index (χ1v) is 7.57. The minimum Gasteiger partial charge on any atom is -0.494 e. The van der Waals surface area contributed by atoms with Gasteiger partial charge in [0, 0.05) is 13.0 Å². The van der Waals surface area contributed by atoms with Gasteiger partial charge in [0.15, 0.2) is 0 Å². The van der Waals surface area contributed by atoms with Crippen LogP contribution in [-0.4, -0.2) is 21.5 Å². The van der Waals surface area contributed by atoms with Crippen molar-refractivity contribution < 1.29 is 9.84 Å². The molecule has 0 bridgehead atoms. The molecular formula is C16H21ClN2O2. The fourth-order valence-electron chi connectivity index (χ4n) is 2.32. The average molecular weight is 309 g/mol. The van der Waals surface area contributed by atoms with Gasteiger partial charge < -0.3 is 9.84 Å². The summed E-state index contributed by atoms with van der Waals surface area (Å²) in [6.07, 6.45) is -0.166. The van der Waals surface area contributed by atoms with Gasteiger partial charge in [-0.1, -0.05) is 23.7 Å². The van der Waals surface area contributed by atoms with Crippen molar-refractivity contribution in [3.63, 3.8) is 0 Å². The lowest BCUT2D eigenvalue weighted by atomic mass is 10.0. The van der Waals surface area contributed by atoms with E-state index < -0.39 is 6.10 Å². The number of nitrogens with zero attached hydrogens (tertiary/aromatic N) is 2. The molecule has 2 aromatic rings. The Kier molecular flexibility index (Phi) is 5.26. The van der Waals surface area contributed by atoms with Crippen LogP contribution < -0.4 is 4.74 Å². The summed E-state index contributed by atoms with van der Waals surface area (Å²) in [5.41, 5.74) is 2.52. The zero-order chi connectivity index (χ0) is 15.4.